The number of nitrogens with zero attached hydrogens (tertiary/aromatic N) is 1. The summed E-state index contributed by atoms with van der Waals surface area (Å²) in [6.07, 6.45) is 7.33. The molecular weight excluding hydrogens is 446 g/mol. The summed E-state index contributed by atoms with van der Waals surface area (Å²) in [5.41, 5.74) is 0.282. The zero-order valence-corrected chi connectivity index (χ0v) is 21.6. The van der Waals surface area contributed by atoms with Crippen LogP contribution in [0.2, 0.25) is 0 Å². The first-order chi connectivity index (χ1) is 16.5. The first-order valence-electron chi connectivity index (χ1n) is 13.1. The molecule has 35 heavy (non-hydrogen) atoms. The first kappa shape index (κ1) is 29.1. The van der Waals surface area contributed by atoms with E-state index in [9.17, 15) is 30.2 Å². The second-order valence-corrected chi connectivity index (χ2v) is 11.1. The van der Waals surface area contributed by atoms with Gasteiger partial charge in [-0.25, -0.2) is 0 Å². The number of ether oxygens (including phenoxy) is 1. The molecule has 0 aromatic carbocycles. The number of allylic oxidation sites excluding steroid dienone is 2. The predicted octanol–water partition coefficient (Wildman–Crippen LogP) is 4.64. The van der Waals surface area contributed by atoms with Gasteiger partial charge in [0.1, 0.15) is 6.10 Å². The van der Waals surface area contributed by atoms with Gasteiger partial charge in [0.15, 0.2) is 0 Å². The van der Waals surface area contributed by atoms with Crippen LogP contribution in [0.25, 0.3) is 0 Å². The van der Waals surface area contributed by atoms with Crippen molar-refractivity contribution >= 4 is 11.9 Å². The Morgan fingerprint density at radius 2 is 1.71 bits per heavy atom. The van der Waals surface area contributed by atoms with Crippen LogP contribution in [-0.4, -0.2) is 45.6 Å². The monoisotopic (exact) mass is 489 g/mol. The molecule has 0 spiro atoms. The molecule has 1 saturated carbocycles. The van der Waals surface area contributed by atoms with Gasteiger partial charge >= 0.3 is 11.9 Å². The molecule has 1 heterocycles. The predicted molar refractivity (Wildman–Crippen MR) is 133 cm³/mol. The molecule has 0 saturated heterocycles. The van der Waals surface area contributed by atoms with E-state index in [2.05, 4.69) is 19.9 Å². The molecule has 7 nitrogen and oxygen atoms in total. The molecule has 1 fully saturated rings. The van der Waals surface area contributed by atoms with Crippen molar-refractivity contribution in [3.05, 3.63) is 23.8 Å². The summed E-state index contributed by atoms with van der Waals surface area (Å²) in [5.74, 6) is -1.77. The zero-order chi connectivity index (χ0) is 26.1. The number of cyclic esters (lactones) is 1. The highest BCUT2D eigenvalue weighted by Gasteiger charge is 2.39. The van der Waals surface area contributed by atoms with E-state index in [1.807, 2.05) is 13.8 Å². The summed E-state index contributed by atoms with van der Waals surface area (Å²) in [7, 11) is 0. The Labute approximate surface area is 209 Å². The highest BCUT2D eigenvalue weighted by atomic mass is 16.5. The number of carboxylic acid groups (broad SMARTS) is 1. The molecule has 0 amide bonds. The molecule has 1 aliphatic carbocycles. The third-order valence-corrected chi connectivity index (χ3v) is 7.80. The normalized spacial score (nSPS) is 40.9. The molecule has 3 N–H and O–H groups in total. The van der Waals surface area contributed by atoms with Gasteiger partial charge in [0.2, 0.25) is 0 Å². The van der Waals surface area contributed by atoms with E-state index in [0.717, 1.165) is 25.7 Å². The lowest BCUT2D eigenvalue weighted by Gasteiger charge is -2.28. The average molecular weight is 490 g/mol. The highest BCUT2D eigenvalue weighted by molar-refractivity contribution is 5.72. The Kier molecular flexibility index (Phi) is 11.5. The van der Waals surface area contributed by atoms with Gasteiger partial charge in [-0.2, -0.15) is 5.26 Å². The maximum Gasteiger partial charge on any atom is 0.308 e. The van der Waals surface area contributed by atoms with Crippen molar-refractivity contribution in [2.24, 2.45) is 35.5 Å². The summed E-state index contributed by atoms with van der Waals surface area (Å²) in [6.45, 7) is 8.16. The van der Waals surface area contributed by atoms with Gasteiger partial charge in [0.25, 0.3) is 0 Å². The number of aliphatic hydroxyl groups excluding tert-OH is 2. The van der Waals surface area contributed by atoms with Crippen LogP contribution < -0.4 is 0 Å². The van der Waals surface area contributed by atoms with Crippen LogP contribution in [0.4, 0.5) is 0 Å². The van der Waals surface area contributed by atoms with Gasteiger partial charge in [-0.05, 0) is 61.9 Å². The van der Waals surface area contributed by atoms with Gasteiger partial charge < -0.3 is 20.1 Å². The lowest BCUT2D eigenvalue weighted by molar-refractivity contribution is -0.159. The number of carbonyl (C=O) groups is 2. The van der Waals surface area contributed by atoms with E-state index in [-0.39, 0.29) is 29.7 Å². The number of carboxylic acids is 1. The van der Waals surface area contributed by atoms with Crippen molar-refractivity contribution in [1.82, 2.24) is 0 Å². The Bertz CT molecular complexity index is 815. The van der Waals surface area contributed by atoms with Gasteiger partial charge in [0, 0.05) is 12.3 Å². The summed E-state index contributed by atoms with van der Waals surface area (Å²) < 4.78 is 5.77. The van der Waals surface area contributed by atoms with Gasteiger partial charge in [-0.3, -0.25) is 9.59 Å². The molecule has 1 unspecified atom stereocenters. The zero-order valence-electron chi connectivity index (χ0n) is 21.6. The van der Waals surface area contributed by atoms with Gasteiger partial charge in [-0.15, -0.1) is 0 Å². The summed E-state index contributed by atoms with van der Waals surface area (Å²) in [6, 6.07) is 2.10. The number of esters is 1. The number of hydrogen-bond donors (Lipinski definition) is 3. The minimum Gasteiger partial charge on any atom is -0.481 e. The van der Waals surface area contributed by atoms with Crippen LogP contribution in [0.1, 0.15) is 79.1 Å². The van der Waals surface area contributed by atoms with Crippen LogP contribution in [0.15, 0.2) is 23.8 Å². The van der Waals surface area contributed by atoms with Crippen LogP contribution in [0, 0.1) is 46.8 Å². The molecule has 2 rings (SSSR count). The van der Waals surface area contributed by atoms with Gasteiger partial charge in [0.05, 0.1) is 36.2 Å². The molecule has 0 aromatic rings. The molecule has 2 aliphatic rings. The van der Waals surface area contributed by atoms with E-state index in [4.69, 9.17) is 4.74 Å². The smallest absolute Gasteiger partial charge is 0.308 e. The molecule has 1 aliphatic heterocycles. The van der Waals surface area contributed by atoms with Crippen LogP contribution in [0.5, 0.6) is 0 Å². The maximum absolute atomic E-state index is 12.7. The Morgan fingerprint density at radius 3 is 2.34 bits per heavy atom. The third-order valence-electron chi connectivity index (χ3n) is 7.80. The Balaban J connectivity index is 2.30. The number of carbonyl (C=O) groups excluding carboxylic acids is 1. The first-order valence-corrected chi connectivity index (χ1v) is 13.1. The summed E-state index contributed by atoms with van der Waals surface area (Å²) in [4.78, 5) is 24.5. The van der Waals surface area contributed by atoms with Crippen molar-refractivity contribution in [3.63, 3.8) is 0 Å². The minimum atomic E-state index is -0.882. The fourth-order valence-corrected chi connectivity index (χ4v) is 5.97. The topological polar surface area (TPSA) is 128 Å². The SMILES string of the molecule is C[C@@H]1C[C@H](C)C[C@H](C)[C@H](O)/C(C#N)=C\C=C\C[C@H](C2CCC[C@@H]2C(=O)O)OC(=O)C[C@@H](O)[C@H](C)C1. The minimum absolute atomic E-state index is 0.0816. The van der Waals surface area contributed by atoms with Crippen LogP contribution in [0.3, 0.4) is 0 Å². The quantitative estimate of drug-likeness (QED) is 0.482. The van der Waals surface area contributed by atoms with E-state index >= 15 is 0 Å². The lowest BCUT2D eigenvalue weighted by Crippen LogP contribution is -2.34. The van der Waals surface area contributed by atoms with Crippen molar-refractivity contribution in [2.45, 2.75) is 97.4 Å². The molecule has 196 valence electrons. The van der Waals surface area contributed by atoms with Crippen molar-refractivity contribution in [1.29, 1.82) is 5.26 Å². The second kappa shape index (κ2) is 13.8. The molecule has 7 heteroatoms. The molecular formula is C28H43NO6. The number of hydrogen-bond acceptors (Lipinski definition) is 6. The fraction of sp³-hybridized carbons (Fsp3) is 0.750. The van der Waals surface area contributed by atoms with Crippen LogP contribution >= 0.6 is 0 Å². The standard InChI is InChI=1S/C28H43NO6/c1-17-12-18(2)14-20(4)27(32)21(16-29)8-5-6-11-25(22-9-7-10-23(22)28(33)34)35-26(31)15-24(30)19(3)13-17/h5-6,8,17-20,22-25,27,30,32H,7,9-15H2,1-4H3,(H,33,34)/b6-5+,21-8-/t17-,18+,19-,20+,22?,23+,24-,25-,27+/m1/s1. The van der Waals surface area contributed by atoms with Crippen molar-refractivity contribution in [2.75, 3.05) is 0 Å². The van der Waals surface area contributed by atoms with E-state index in [0.29, 0.717) is 31.1 Å². The third kappa shape index (κ3) is 8.77. The summed E-state index contributed by atoms with van der Waals surface area (Å²) in [5, 5.41) is 40.6. The lowest BCUT2D eigenvalue weighted by atomic mass is 9.82. The van der Waals surface area contributed by atoms with E-state index < -0.39 is 36.2 Å². The van der Waals surface area contributed by atoms with Crippen molar-refractivity contribution < 1.29 is 29.6 Å². The van der Waals surface area contributed by atoms with E-state index in [1.54, 1.807) is 18.2 Å². The average Bonchev–Trinajstić information content (AvgIpc) is 3.27. The largest absolute Gasteiger partial charge is 0.481 e. The number of nitriles is 1. The number of aliphatic carboxylic acids is 1. The summed E-state index contributed by atoms with van der Waals surface area (Å²) >= 11 is 0. The Hall–Kier alpha value is -2.17. The van der Waals surface area contributed by atoms with Crippen LogP contribution in [-0.2, 0) is 14.3 Å². The maximum atomic E-state index is 12.7. The highest BCUT2D eigenvalue weighted by Crippen LogP contribution is 2.37. The molecule has 0 aromatic heterocycles. The van der Waals surface area contributed by atoms with E-state index in [1.165, 1.54) is 0 Å². The number of aliphatic hydroxyl groups is 2. The number of rotatable bonds is 2. The molecule has 0 bridgehead atoms. The van der Waals surface area contributed by atoms with Crippen molar-refractivity contribution in [3.8, 4) is 6.07 Å². The van der Waals surface area contributed by atoms with Gasteiger partial charge in [-0.1, -0.05) is 46.3 Å². The second-order valence-electron chi connectivity index (χ2n) is 11.1. The Morgan fingerprint density at radius 1 is 1.06 bits per heavy atom. The fourth-order valence-electron chi connectivity index (χ4n) is 5.97. The molecule has 0 radical (unpaired) electrons. The molecule has 9 atom stereocenters.